The summed E-state index contributed by atoms with van der Waals surface area (Å²) in [6.07, 6.45) is 2.60. The van der Waals surface area contributed by atoms with Gasteiger partial charge in [-0.15, -0.1) is 0 Å². The Morgan fingerprint density at radius 3 is 2.89 bits per heavy atom. The highest BCUT2D eigenvalue weighted by Gasteiger charge is 2.29. The normalized spacial score (nSPS) is 20.0. The Morgan fingerprint density at radius 2 is 2.15 bits per heavy atom. The van der Waals surface area contributed by atoms with Gasteiger partial charge in [-0.2, -0.15) is 0 Å². The highest BCUT2D eigenvalue weighted by Crippen LogP contribution is 2.26. The van der Waals surface area contributed by atoms with E-state index < -0.39 is 12.2 Å². The zero-order valence-corrected chi connectivity index (χ0v) is 14.9. The van der Waals surface area contributed by atoms with Crippen LogP contribution in [-0.4, -0.2) is 46.2 Å². The second kappa shape index (κ2) is 6.96. The van der Waals surface area contributed by atoms with Gasteiger partial charge in [-0.3, -0.25) is 5.32 Å². The first-order valence-electron chi connectivity index (χ1n) is 8.78. The highest BCUT2D eigenvalue weighted by molar-refractivity contribution is 5.93. The number of carbonyl (C=O) groups is 1. The molecule has 8 heteroatoms. The number of oxazole rings is 1. The van der Waals surface area contributed by atoms with Crippen LogP contribution >= 0.6 is 0 Å². The molecule has 27 heavy (non-hydrogen) atoms. The molecule has 3 N–H and O–H groups in total. The number of halogens is 1. The van der Waals surface area contributed by atoms with Gasteiger partial charge in [0.15, 0.2) is 11.7 Å². The van der Waals surface area contributed by atoms with Crippen molar-refractivity contribution in [3.8, 4) is 11.3 Å². The van der Waals surface area contributed by atoms with E-state index in [0.29, 0.717) is 30.4 Å². The highest BCUT2D eigenvalue weighted by atomic mass is 19.1. The molecule has 0 aliphatic carbocycles. The molecule has 2 aromatic heterocycles. The van der Waals surface area contributed by atoms with Crippen molar-refractivity contribution in [2.45, 2.75) is 25.6 Å². The van der Waals surface area contributed by atoms with E-state index in [0.717, 1.165) is 16.3 Å². The topological polar surface area (TPSA) is 97.3 Å². The quantitative estimate of drug-likeness (QED) is 0.723. The van der Waals surface area contributed by atoms with Crippen molar-refractivity contribution in [3.05, 3.63) is 42.5 Å². The van der Waals surface area contributed by atoms with Crippen molar-refractivity contribution < 1.29 is 13.6 Å². The number of benzene rings is 1. The van der Waals surface area contributed by atoms with Crippen LogP contribution in [0, 0.1) is 6.92 Å². The SMILES string of the molecule is Cc1ncc(-c2ccc3cnc(NC(=O)N4CC[C@H](N)[C@@H](F)C4)cc3c2)o1. The summed E-state index contributed by atoms with van der Waals surface area (Å²) in [4.78, 5) is 22.2. The monoisotopic (exact) mass is 369 g/mol. The lowest BCUT2D eigenvalue weighted by Gasteiger charge is -2.32. The largest absolute Gasteiger partial charge is 0.441 e. The lowest BCUT2D eigenvalue weighted by atomic mass is 10.0. The molecule has 2 atom stereocenters. The molecule has 3 aromatic rings. The van der Waals surface area contributed by atoms with Crippen molar-refractivity contribution in [2.24, 2.45) is 5.73 Å². The van der Waals surface area contributed by atoms with E-state index in [1.54, 1.807) is 25.4 Å². The third-order valence-electron chi connectivity index (χ3n) is 4.74. The molecule has 1 fully saturated rings. The number of amides is 2. The number of hydrogen-bond acceptors (Lipinski definition) is 5. The van der Waals surface area contributed by atoms with Gasteiger partial charge in [0.25, 0.3) is 0 Å². The first-order valence-corrected chi connectivity index (χ1v) is 8.78. The van der Waals surface area contributed by atoms with Crippen molar-refractivity contribution in [1.82, 2.24) is 14.9 Å². The number of nitrogens with two attached hydrogens (primary N) is 1. The van der Waals surface area contributed by atoms with Crippen LogP contribution in [0.4, 0.5) is 15.0 Å². The number of nitrogens with one attached hydrogen (secondary N) is 1. The van der Waals surface area contributed by atoms with E-state index >= 15 is 0 Å². The van der Waals surface area contributed by atoms with Gasteiger partial charge >= 0.3 is 6.03 Å². The molecule has 0 radical (unpaired) electrons. The maximum Gasteiger partial charge on any atom is 0.323 e. The molecule has 1 aliphatic rings. The maximum absolute atomic E-state index is 13.8. The van der Waals surface area contributed by atoms with Gasteiger partial charge < -0.3 is 15.1 Å². The molecule has 0 bridgehead atoms. The number of anilines is 1. The number of rotatable bonds is 2. The number of aryl methyl sites for hydroxylation is 1. The average Bonchev–Trinajstić information content (AvgIpc) is 3.09. The zero-order valence-electron chi connectivity index (χ0n) is 14.9. The molecule has 1 aromatic carbocycles. The average molecular weight is 369 g/mol. The van der Waals surface area contributed by atoms with Crippen molar-refractivity contribution in [2.75, 3.05) is 18.4 Å². The van der Waals surface area contributed by atoms with E-state index in [1.807, 2.05) is 18.2 Å². The van der Waals surface area contributed by atoms with Crippen molar-refractivity contribution >= 4 is 22.6 Å². The van der Waals surface area contributed by atoms with Gasteiger partial charge in [0.05, 0.1) is 12.7 Å². The minimum Gasteiger partial charge on any atom is -0.441 e. The molecule has 7 nitrogen and oxygen atoms in total. The van der Waals surface area contributed by atoms with Gasteiger partial charge in [-0.1, -0.05) is 12.1 Å². The fourth-order valence-corrected chi connectivity index (χ4v) is 3.15. The molecular formula is C19H20FN5O2. The molecule has 1 aliphatic heterocycles. The van der Waals surface area contributed by atoms with Crippen LogP contribution in [0.1, 0.15) is 12.3 Å². The third kappa shape index (κ3) is 3.61. The summed E-state index contributed by atoms with van der Waals surface area (Å²) in [6.45, 7) is 2.21. The predicted octanol–water partition coefficient (Wildman–Crippen LogP) is 3.10. The third-order valence-corrected chi connectivity index (χ3v) is 4.74. The standard InChI is InChI=1S/C19H20FN5O2/c1-11-22-9-17(27-11)12-2-3-13-8-23-18(7-14(13)6-12)24-19(26)25-5-4-16(21)15(20)10-25/h2-3,6-9,15-16H,4-5,10,21H2,1H3,(H,23,24,26)/t15-,16-/m0/s1. The Balaban J connectivity index is 1.54. The number of alkyl halides is 1. The number of nitrogens with zero attached hydrogens (tertiary/aromatic N) is 3. The van der Waals surface area contributed by atoms with Gasteiger partial charge in [-0.05, 0) is 23.9 Å². The van der Waals surface area contributed by atoms with E-state index in [-0.39, 0.29) is 12.6 Å². The van der Waals surface area contributed by atoms with Crippen LogP contribution in [0.5, 0.6) is 0 Å². The molecule has 0 spiro atoms. The summed E-state index contributed by atoms with van der Waals surface area (Å²) in [5.41, 5.74) is 6.55. The Bertz CT molecular complexity index is 989. The summed E-state index contributed by atoms with van der Waals surface area (Å²) >= 11 is 0. The minimum atomic E-state index is -1.21. The molecule has 4 rings (SSSR count). The number of urea groups is 1. The summed E-state index contributed by atoms with van der Waals surface area (Å²) in [6, 6.07) is 6.71. The van der Waals surface area contributed by atoms with Crippen LogP contribution in [0.25, 0.3) is 22.1 Å². The number of fused-ring (bicyclic) bond motifs is 1. The molecule has 140 valence electrons. The fraction of sp³-hybridized carbons (Fsp3) is 0.316. The number of aromatic nitrogens is 2. The first-order chi connectivity index (χ1) is 13.0. The predicted molar refractivity (Wildman–Crippen MR) is 100 cm³/mol. The van der Waals surface area contributed by atoms with Crippen LogP contribution < -0.4 is 11.1 Å². The van der Waals surface area contributed by atoms with Gasteiger partial charge in [0.1, 0.15) is 12.0 Å². The molecule has 2 amide bonds. The molecule has 0 unspecified atom stereocenters. The number of hydrogen-bond donors (Lipinski definition) is 2. The van der Waals surface area contributed by atoms with Crippen LogP contribution in [0.2, 0.25) is 0 Å². The lowest BCUT2D eigenvalue weighted by molar-refractivity contribution is 0.137. The number of carbonyl (C=O) groups excluding carboxylic acids is 1. The van der Waals surface area contributed by atoms with Crippen LogP contribution in [-0.2, 0) is 0 Å². The summed E-state index contributed by atoms with van der Waals surface area (Å²) in [5, 5.41) is 4.57. The van der Waals surface area contributed by atoms with E-state index in [1.165, 1.54) is 4.90 Å². The second-order valence-electron chi connectivity index (χ2n) is 6.72. The fourth-order valence-electron chi connectivity index (χ4n) is 3.15. The molecule has 1 saturated heterocycles. The zero-order chi connectivity index (χ0) is 19.0. The van der Waals surface area contributed by atoms with Crippen LogP contribution in [0.15, 0.2) is 41.1 Å². The second-order valence-corrected chi connectivity index (χ2v) is 6.72. The van der Waals surface area contributed by atoms with Crippen molar-refractivity contribution in [3.63, 3.8) is 0 Å². The van der Waals surface area contributed by atoms with Crippen LogP contribution in [0.3, 0.4) is 0 Å². The molecule has 3 heterocycles. The van der Waals surface area contributed by atoms with Gasteiger partial charge in [0, 0.05) is 36.7 Å². The van der Waals surface area contributed by atoms with E-state index in [4.69, 9.17) is 10.2 Å². The van der Waals surface area contributed by atoms with Gasteiger partial charge in [-0.25, -0.2) is 19.2 Å². The van der Waals surface area contributed by atoms with E-state index in [9.17, 15) is 9.18 Å². The minimum absolute atomic E-state index is 0.00439. The Morgan fingerprint density at radius 1 is 1.30 bits per heavy atom. The number of likely N-dealkylation sites (tertiary alicyclic amines) is 1. The summed E-state index contributed by atoms with van der Waals surface area (Å²) in [5.74, 6) is 1.68. The Hall–Kier alpha value is -3.00. The lowest BCUT2D eigenvalue weighted by Crippen LogP contribution is -2.51. The first kappa shape index (κ1) is 17.4. The maximum atomic E-state index is 13.8. The summed E-state index contributed by atoms with van der Waals surface area (Å²) < 4.78 is 19.3. The molecular weight excluding hydrogens is 349 g/mol. The summed E-state index contributed by atoms with van der Waals surface area (Å²) in [7, 11) is 0. The van der Waals surface area contributed by atoms with Gasteiger partial charge in [0.2, 0.25) is 0 Å². The molecule has 0 saturated carbocycles. The smallest absolute Gasteiger partial charge is 0.323 e. The number of piperidine rings is 1. The Labute approximate surface area is 155 Å². The van der Waals surface area contributed by atoms with Crippen molar-refractivity contribution in [1.29, 1.82) is 0 Å². The van der Waals surface area contributed by atoms with E-state index in [2.05, 4.69) is 15.3 Å². The Kier molecular flexibility index (Phi) is 4.49. The number of pyridine rings is 1.